The van der Waals surface area contributed by atoms with Crippen molar-refractivity contribution in [1.29, 1.82) is 0 Å². The second kappa shape index (κ2) is 7.02. The zero-order valence-corrected chi connectivity index (χ0v) is 15.7. The van der Waals surface area contributed by atoms with Crippen molar-refractivity contribution in [3.63, 3.8) is 0 Å². The fourth-order valence-corrected chi connectivity index (χ4v) is 4.05. The highest BCUT2D eigenvalue weighted by Crippen LogP contribution is 2.34. The molecule has 0 radical (unpaired) electrons. The van der Waals surface area contributed by atoms with Gasteiger partial charge in [0.05, 0.1) is 23.1 Å². The Balaban J connectivity index is 1.79. The average Bonchev–Trinajstić information content (AvgIpc) is 3.08. The van der Waals surface area contributed by atoms with Gasteiger partial charge in [-0.25, -0.2) is 4.98 Å². The van der Waals surface area contributed by atoms with Crippen LogP contribution in [0.4, 0.5) is 5.69 Å². The molecule has 0 atom stereocenters. The highest BCUT2D eigenvalue weighted by atomic mass is 35.5. The molecule has 8 nitrogen and oxygen atoms in total. The van der Waals surface area contributed by atoms with Crippen LogP contribution in [-0.2, 0) is 6.54 Å². The Bertz CT molecular complexity index is 1340. The van der Waals surface area contributed by atoms with Crippen LogP contribution < -0.4 is 11.1 Å². The molecule has 1 aromatic carbocycles. The van der Waals surface area contributed by atoms with E-state index < -0.39 is 10.5 Å². The average molecular weight is 415 g/mol. The van der Waals surface area contributed by atoms with Gasteiger partial charge >= 0.3 is 0 Å². The van der Waals surface area contributed by atoms with Gasteiger partial charge in [-0.15, -0.1) is 11.3 Å². The second-order valence-corrected chi connectivity index (χ2v) is 7.20. The Morgan fingerprint density at radius 1 is 1.18 bits per heavy atom. The highest BCUT2D eigenvalue weighted by Gasteiger charge is 2.16. The number of fused-ring (bicyclic) bond motifs is 1. The van der Waals surface area contributed by atoms with Crippen molar-refractivity contribution >= 4 is 38.8 Å². The van der Waals surface area contributed by atoms with Crippen molar-refractivity contribution in [2.45, 2.75) is 6.54 Å². The molecule has 28 heavy (non-hydrogen) atoms. The van der Waals surface area contributed by atoms with Gasteiger partial charge in [0.1, 0.15) is 10.7 Å². The minimum Gasteiger partial charge on any atom is -0.308 e. The summed E-state index contributed by atoms with van der Waals surface area (Å²) in [6.07, 6.45) is 1.12. The number of rotatable bonds is 4. The van der Waals surface area contributed by atoms with Crippen molar-refractivity contribution in [2.75, 3.05) is 0 Å². The maximum absolute atomic E-state index is 12.7. The van der Waals surface area contributed by atoms with Crippen LogP contribution in [0.5, 0.6) is 0 Å². The molecule has 0 spiro atoms. The number of halogens is 1. The largest absolute Gasteiger partial charge is 0.308 e. The maximum atomic E-state index is 12.7. The molecular weight excluding hydrogens is 404 g/mol. The van der Waals surface area contributed by atoms with Gasteiger partial charge in [-0.1, -0.05) is 29.8 Å². The smallest absolute Gasteiger partial charge is 0.285 e. The number of pyridine rings is 1. The number of H-pyrrole nitrogens is 1. The van der Waals surface area contributed by atoms with Gasteiger partial charge in [-0.3, -0.25) is 19.7 Å². The van der Waals surface area contributed by atoms with Crippen molar-refractivity contribution in [3.8, 4) is 11.1 Å². The fraction of sp³-hybridized carbons (Fsp3) is 0.0556. The number of thiophene rings is 1. The molecule has 0 bridgehead atoms. The summed E-state index contributed by atoms with van der Waals surface area (Å²) in [5.74, 6) is 0.229. The minimum atomic E-state index is -0.593. The molecule has 0 aliphatic rings. The summed E-state index contributed by atoms with van der Waals surface area (Å²) in [5.41, 5.74) is 0.384. The van der Waals surface area contributed by atoms with Crippen LogP contribution in [0.25, 0.3) is 21.3 Å². The van der Waals surface area contributed by atoms with Crippen molar-refractivity contribution in [2.24, 2.45) is 0 Å². The van der Waals surface area contributed by atoms with Crippen LogP contribution >= 0.6 is 22.9 Å². The Hall–Kier alpha value is -3.30. The Morgan fingerprint density at radius 2 is 1.96 bits per heavy atom. The number of hydrogen-bond acceptors (Lipinski definition) is 6. The topological polar surface area (TPSA) is 111 Å². The molecular formula is C18H11ClN4O4S. The Labute approximate surface area is 165 Å². The lowest BCUT2D eigenvalue weighted by Crippen LogP contribution is -2.22. The van der Waals surface area contributed by atoms with Gasteiger partial charge < -0.3 is 9.55 Å². The summed E-state index contributed by atoms with van der Waals surface area (Å²) in [6.45, 7) is -0.0922. The molecule has 1 N–H and O–H groups in total. The quantitative estimate of drug-likeness (QED) is 0.406. The number of benzene rings is 1. The number of hydrogen-bond donors (Lipinski definition) is 1. The maximum Gasteiger partial charge on any atom is 0.285 e. The summed E-state index contributed by atoms with van der Waals surface area (Å²) in [6, 6.07) is 9.43. The van der Waals surface area contributed by atoms with E-state index in [0.717, 1.165) is 28.5 Å². The zero-order valence-electron chi connectivity index (χ0n) is 14.1. The molecule has 4 aromatic rings. The number of aromatic amines is 1. The van der Waals surface area contributed by atoms with E-state index in [2.05, 4.69) is 9.97 Å². The van der Waals surface area contributed by atoms with Gasteiger partial charge in [-0.2, -0.15) is 0 Å². The number of nitrogens with zero attached hydrogens (tertiary/aromatic N) is 3. The normalized spacial score (nSPS) is 11.0. The highest BCUT2D eigenvalue weighted by molar-refractivity contribution is 7.17. The molecule has 0 aliphatic heterocycles. The molecule has 0 fully saturated rings. The molecule has 0 amide bonds. The standard InChI is InChI=1S/C18H11ClN4O4S/c19-13-4-2-1-3-11(13)12-9-28-18-16(12)17(25)20-14(21-18)8-22-7-10(23(26)27)5-6-15(22)24/h1-7,9H,8H2,(H,20,21,25). The summed E-state index contributed by atoms with van der Waals surface area (Å²) >= 11 is 7.53. The number of nitro groups is 1. The lowest BCUT2D eigenvalue weighted by molar-refractivity contribution is -0.385. The summed E-state index contributed by atoms with van der Waals surface area (Å²) in [5, 5.41) is 13.7. The van der Waals surface area contributed by atoms with Crippen LogP contribution in [0.2, 0.25) is 5.02 Å². The van der Waals surface area contributed by atoms with E-state index in [1.165, 1.54) is 11.3 Å². The molecule has 0 unspecified atom stereocenters. The molecule has 0 saturated heterocycles. The van der Waals surface area contributed by atoms with Gasteiger partial charge in [0.15, 0.2) is 0 Å². The third-order valence-electron chi connectivity index (χ3n) is 4.16. The zero-order chi connectivity index (χ0) is 19.8. The molecule has 4 rings (SSSR count). The molecule has 0 aliphatic carbocycles. The van der Waals surface area contributed by atoms with E-state index in [1.807, 2.05) is 12.1 Å². The van der Waals surface area contributed by atoms with E-state index >= 15 is 0 Å². The fourth-order valence-electron chi connectivity index (χ4n) is 2.86. The molecule has 0 saturated carbocycles. The van der Waals surface area contributed by atoms with E-state index in [1.54, 1.807) is 17.5 Å². The van der Waals surface area contributed by atoms with Crippen LogP contribution in [0.3, 0.4) is 0 Å². The molecule has 3 heterocycles. The third-order valence-corrected chi connectivity index (χ3v) is 5.36. The van der Waals surface area contributed by atoms with Gasteiger partial charge in [0.2, 0.25) is 0 Å². The van der Waals surface area contributed by atoms with E-state index in [0.29, 0.717) is 20.8 Å². The first-order valence-electron chi connectivity index (χ1n) is 8.04. The second-order valence-electron chi connectivity index (χ2n) is 5.93. The van der Waals surface area contributed by atoms with Crippen LogP contribution in [-0.4, -0.2) is 19.5 Å². The summed E-state index contributed by atoms with van der Waals surface area (Å²) in [4.78, 5) is 42.6. The van der Waals surface area contributed by atoms with Crippen LogP contribution in [0, 0.1) is 10.1 Å². The first kappa shape index (κ1) is 18.1. The lowest BCUT2D eigenvalue weighted by atomic mass is 10.1. The summed E-state index contributed by atoms with van der Waals surface area (Å²) < 4.78 is 1.13. The molecule has 10 heteroatoms. The van der Waals surface area contributed by atoms with Gasteiger partial charge in [-0.05, 0) is 6.07 Å². The lowest BCUT2D eigenvalue weighted by Gasteiger charge is -2.06. The monoisotopic (exact) mass is 414 g/mol. The SMILES string of the molecule is O=c1[nH]c(Cn2cc([N+](=O)[O-])ccc2=O)nc2scc(-c3ccccc3Cl)c12. The predicted octanol–water partition coefficient (Wildman–Crippen LogP) is 3.42. The van der Waals surface area contributed by atoms with Crippen LogP contribution in [0.15, 0.2) is 57.6 Å². The van der Waals surface area contributed by atoms with Crippen LogP contribution in [0.1, 0.15) is 5.82 Å². The number of aromatic nitrogens is 3. The number of nitrogens with one attached hydrogen (secondary N) is 1. The summed E-state index contributed by atoms with van der Waals surface area (Å²) in [7, 11) is 0. The molecule has 140 valence electrons. The van der Waals surface area contributed by atoms with E-state index in [-0.39, 0.29) is 23.6 Å². The third kappa shape index (κ3) is 3.21. The van der Waals surface area contributed by atoms with E-state index in [4.69, 9.17) is 11.6 Å². The first-order valence-corrected chi connectivity index (χ1v) is 9.30. The van der Waals surface area contributed by atoms with Crippen molar-refractivity contribution in [1.82, 2.24) is 14.5 Å². The minimum absolute atomic E-state index is 0.0922. The predicted molar refractivity (Wildman–Crippen MR) is 107 cm³/mol. The molecule has 3 aromatic heterocycles. The Kier molecular flexibility index (Phi) is 4.54. The Morgan fingerprint density at radius 3 is 2.71 bits per heavy atom. The van der Waals surface area contributed by atoms with E-state index in [9.17, 15) is 19.7 Å². The van der Waals surface area contributed by atoms with Gasteiger partial charge in [0.25, 0.3) is 16.8 Å². The van der Waals surface area contributed by atoms with Crippen molar-refractivity contribution in [3.05, 3.63) is 89.6 Å². The van der Waals surface area contributed by atoms with Crippen molar-refractivity contribution < 1.29 is 4.92 Å². The van der Waals surface area contributed by atoms with Gasteiger partial charge in [0, 0.05) is 33.7 Å². The first-order chi connectivity index (χ1) is 13.4.